The Labute approximate surface area is 145 Å². The molecule has 1 rings (SSSR count). The topological polar surface area (TPSA) is 71.3 Å². The average molecular weight is 332 g/mol. The number of nitrogens with one attached hydrogen (secondary N) is 1. The number of amides is 1. The van der Waals surface area contributed by atoms with E-state index < -0.39 is 5.60 Å². The van der Waals surface area contributed by atoms with Gasteiger partial charge in [0.1, 0.15) is 17.4 Å². The molecular weight excluding hydrogens is 304 g/mol. The second-order valence-electron chi connectivity index (χ2n) is 6.01. The van der Waals surface area contributed by atoms with Crippen molar-refractivity contribution in [2.45, 2.75) is 58.5 Å². The van der Waals surface area contributed by atoms with Crippen molar-refractivity contribution in [1.29, 1.82) is 5.26 Å². The summed E-state index contributed by atoms with van der Waals surface area (Å²) in [5.74, 6) is 0.396. The summed E-state index contributed by atoms with van der Waals surface area (Å²) in [7, 11) is 1.53. The van der Waals surface area contributed by atoms with Gasteiger partial charge >= 0.3 is 0 Å². The molecule has 1 unspecified atom stereocenters. The van der Waals surface area contributed by atoms with E-state index in [0.29, 0.717) is 30.0 Å². The zero-order valence-electron chi connectivity index (χ0n) is 15.1. The predicted molar refractivity (Wildman–Crippen MR) is 95.1 cm³/mol. The number of benzene rings is 1. The molecular formula is C19H28N2O3. The molecule has 24 heavy (non-hydrogen) atoms. The van der Waals surface area contributed by atoms with Crippen LogP contribution in [-0.2, 0) is 9.53 Å². The third-order valence-electron chi connectivity index (χ3n) is 4.06. The number of carbonyl (C=O) groups is 1. The summed E-state index contributed by atoms with van der Waals surface area (Å²) in [6.07, 6.45) is 4.52. The molecule has 1 atom stereocenters. The molecule has 0 aliphatic carbocycles. The zero-order valence-corrected chi connectivity index (χ0v) is 15.1. The zero-order chi connectivity index (χ0) is 18.0. The SMILES string of the molecule is CCCCOc1ccc(NC(=O)C(C)(CCCC)OC)c(C#N)c1. The Bertz CT molecular complexity index is 580. The van der Waals surface area contributed by atoms with Crippen LogP contribution in [0.3, 0.4) is 0 Å². The molecule has 1 aromatic carbocycles. The minimum atomic E-state index is -0.904. The highest BCUT2D eigenvalue weighted by atomic mass is 16.5. The number of hydrogen-bond acceptors (Lipinski definition) is 4. The smallest absolute Gasteiger partial charge is 0.256 e. The van der Waals surface area contributed by atoms with E-state index in [1.807, 2.05) is 0 Å². The van der Waals surface area contributed by atoms with Gasteiger partial charge in [0, 0.05) is 7.11 Å². The third-order valence-corrected chi connectivity index (χ3v) is 4.06. The average Bonchev–Trinajstić information content (AvgIpc) is 2.60. The molecule has 132 valence electrons. The monoisotopic (exact) mass is 332 g/mol. The van der Waals surface area contributed by atoms with Crippen molar-refractivity contribution in [3.05, 3.63) is 23.8 Å². The van der Waals surface area contributed by atoms with E-state index in [2.05, 4.69) is 25.2 Å². The summed E-state index contributed by atoms with van der Waals surface area (Å²) in [5, 5.41) is 12.2. The first-order valence-corrected chi connectivity index (χ1v) is 8.54. The number of rotatable bonds is 10. The molecule has 1 amide bonds. The lowest BCUT2D eigenvalue weighted by Gasteiger charge is -2.27. The second-order valence-corrected chi connectivity index (χ2v) is 6.01. The summed E-state index contributed by atoms with van der Waals surface area (Å²) in [5.41, 5.74) is -0.0460. The molecule has 5 heteroatoms. The van der Waals surface area contributed by atoms with Gasteiger partial charge in [-0.1, -0.05) is 33.1 Å². The number of ether oxygens (including phenoxy) is 2. The van der Waals surface area contributed by atoms with Gasteiger partial charge in [0.05, 0.1) is 17.9 Å². The quantitative estimate of drug-likeness (QED) is 0.649. The number of hydrogen-bond donors (Lipinski definition) is 1. The minimum absolute atomic E-state index is 0.241. The number of unbranched alkanes of at least 4 members (excludes halogenated alkanes) is 2. The van der Waals surface area contributed by atoms with E-state index in [1.165, 1.54) is 7.11 Å². The van der Waals surface area contributed by atoms with Crippen molar-refractivity contribution in [1.82, 2.24) is 0 Å². The first kappa shape index (κ1) is 20.0. The molecule has 1 aromatic rings. The molecule has 0 saturated carbocycles. The Morgan fingerprint density at radius 1 is 1.29 bits per heavy atom. The normalized spacial score (nSPS) is 13.0. The Morgan fingerprint density at radius 3 is 2.58 bits per heavy atom. The molecule has 0 bridgehead atoms. The Morgan fingerprint density at radius 2 is 2.00 bits per heavy atom. The molecule has 0 spiro atoms. The highest BCUT2D eigenvalue weighted by Gasteiger charge is 2.32. The van der Waals surface area contributed by atoms with Crippen LogP contribution in [0.25, 0.3) is 0 Å². The first-order valence-electron chi connectivity index (χ1n) is 8.54. The maximum Gasteiger partial charge on any atom is 0.256 e. The first-order chi connectivity index (χ1) is 11.5. The van der Waals surface area contributed by atoms with E-state index in [4.69, 9.17) is 9.47 Å². The van der Waals surface area contributed by atoms with Crippen LogP contribution in [0.5, 0.6) is 5.75 Å². The van der Waals surface area contributed by atoms with Gasteiger partial charge in [-0.3, -0.25) is 4.79 Å². The van der Waals surface area contributed by atoms with Gasteiger partial charge < -0.3 is 14.8 Å². The third kappa shape index (κ3) is 5.54. The molecule has 0 heterocycles. The lowest BCUT2D eigenvalue weighted by molar-refractivity contribution is -0.136. The number of methoxy groups -OCH3 is 1. The van der Waals surface area contributed by atoms with Crippen LogP contribution in [-0.4, -0.2) is 25.2 Å². The van der Waals surface area contributed by atoms with Gasteiger partial charge in [-0.25, -0.2) is 0 Å². The summed E-state index contributed by atoms with van der Waals surface area (Å²) >= 11 is 0. The number of nitriles is 1. The van der Waals surface area contributed by atoms with Crippen molar-refractivity contribution >= 4 is 11.6 Å². The van der Waals surface area contributed by atoms with Crippen LogP contribution in [0, 0.1) is 11.3 Å². The van der Waals surface area contributed by atoms with Gasteiger partial charge in [-0.05, 0) is 38.0 Å². The van der Waals surface area contributed by atoms with Gasteiger partial charge in [0.15, 0.2) is 0 Å². The van der Waals surface area contributed by atoms with Crippen molar-refractivity contribution in [2.75, 3.05) is 19.0 Å². The standard InChI is InChI=1S/C19H28N2O3/c1-5-7-11-19(3,23-4)18(22)21-17-10-9-16(13-15(17)14-20)24-12-8-6-2/h9-10,13H,5-8,11-12H2,1-4H3,(H,21,22). The van der Waals surface area contributed by atoms with Crippen LogP contribution < -0.4 is 10.1 Å². The van der Waals surface area contributed by atoms with Gasteiger partial charge in [-0.15, -0.1) is 0 Å². The van der Waals surface area contributed by atoms with Gasteiger partial charge in [-0.2, -0.15) is 5.26 Å². The maximum atomic E-state index is 12.6. The van der Waals surface area contributed by atoms with Crippen molar-refractivity contribution in [3.8, 4) is 11.8 Å². The van der Waals surface area contributed by atoms with Crippen molar-refractivity contribution < 1.29 is 14.3 Å². The summed E-state index contributed by atoms with van der Waals surface area (Å²) < 4.78 is 11.0. The fourth-order valence-corrected chi connectivity index (χ4v) is 2.23. The summed E-state index contributed by atoms with van der Waals surface area (Å²) in [4.78, 5) is 12.6. The number of anilines is 1. The molecule has 0 aliphatic heterocycles. The number of nitrogens with zero attached hydrogens (tertiary/aromatic N) is 1. The van der Waals surface area contributed by atoms with E-state index in [1.54, 1.807) is 25.1 Å². The second kappa shape index (κ2) is 9.94. The van der Waals surface area contributed by atoms with E-state index >= 15 is 0 Å². The van der Waals surface area contributed by atoms with E-state index in [9.17, 15) is 10.1 Å². The lowest BCUT2D eigenvalue weighted by Crippen LogP contribution is -2.42. The van der Waals surface area contributed by atoms with Crippen molar-refractivity contribution in [3.63, 3.8) is 0 Å². The Hall–Kier alpha value is -2.06. The summed E-state index contributed by atoms with van der Waals surface area (Å²) in [6, 6.07) is 7.23. The molecule has 0 radical (unpaired) electrons. The Balaban J connectivity index is 2.86. The fraction of sp³-hybridized carbons (Fsp3) is 0.579. The van der Waals surface area contributed by atoms with E-state index in [-0.39, 0.29) is 5.91 Å². The molecule has 5 nitrogen and oxygen atoms in total. The van der Waals surface area contributed by atoms with Crippen LogP contribution in [0.4, 0.5) is 5.69 Å². The maximum absolute atomic E-state index is 12.6. The minimum Gasteiger partial charge on any atom is -0.494 e. The number of carbonyl (C=O) groups excluding carboxylic acids is 1. The van der Waals surface area contributed by atoms with Crippen LogP contribution in [0.15, 0.2) is 18.2 Å². The molecule has 1 N–H and O–H groups in total. The highest BCUT2D eigenvalue weighted by molar-refractivity contribution is 5.98. The van der Waals surface area contributed by atoms with Crippen molar-refractivity contribution in [2.24, 2.45) is 0 Å². The summed E-state index contributed by atoms with van der Waals surface area (Å²) in [6.45, 7) is 6.55. The predicted octanol–water partition coefficient (Wildman–Crippen LogP) is 4.27. The Kier molecular flexibility index (Phi) is 8.28. The largest absolute Gasteiger partial charge is 0.494 e. The fourth-order valence-electron chi connectivity index (χ4n) is 2.23. The molecule has 0 saturated heterocycles. The van der Waals surface area contributed by atoms with Crippen LogP contribution >= 0.6 is 0 Å². The van der Waals surface area contributed by atoms with Gasteiger partial charge in [0.25, 0.3) is 5.91 Å². The van der Waals surface area contributed by atoms with Crippen LogP contribution in [0.2, 0.25) is 0 Å². The molecule has 0 aromatic heterocycles. The molecule has 0 fully saturated rings. The van der Waals surface area contributed by atoms with Crippen LogP contribution in [0.1, 0.15) is 58.4 Å². The van der Waals surface area contributed by atoms with Gasteiger partial charge in [0.2, 0.25) is 0 Å². The molecule has 0 aliphatic rings. The van der Waals surface area contributed by atoms with E-state index in [0.717, 1.165) is 25.7 Å². The highest BCUT2D eigenvalue weighted by Crippen LogP contribution is 2.25. The lowest BCUT2D eigenvalue weighted by atomic mass is 9.97.